The molecule has 0 bridgehead atoms. The van der Waals surface area contributed by atoms with Crippen LogP contribution in [0.15, 0.2) is 42.5 Å². The zero-order chi connectivity index (χ0) is 18.6. The maximum Gasteiger partial charge on any atom is 0.335 e. The first-order chi connectivity index (χ1) is 11.8. The highest BCUT2D eigenvalue weighted by Crippen LogP contribution is 2.11. The molecule has 0 aliphatic heterocycles. The molecule has 0 aromatic heterocycles. The molecule has 0 saturated heterocycles. The van der Waals surface area contributed by atoms with E-state index in [9.17, 15) is 28.3 Å². The van der Waals surface area contributed by atoms with E-state index in [2.05, 4.69) is 5.32 Å². The van der Waals surface area contributed by atoms with Crippen molar-refractivity contribution >= 4 is 17.8 Å². The van der Waals surface area contributed by atoms with Gasteiger partial charge in [0.1, 0.15) is 17.7 Å². The monoisotopic (exact) mass is 349 g/mol. The normalized spacial score (nSPS) is 11.6. The molecular formula is C17H13F2NO5. The number of carbonyl (C=O) groups is 3. The van der Waals surface area contributed by atoms with Crippen LogP contribution in [0.2, 0.25) is 0 Å². The third-order valence-corrected chi connectivity index (χ3v) is 3.42. The molecule has 2 aromatic carbocycles. The van der Waals surface area contributed by atoms with Crippen LogP contribution < -0.4 is 5.32 Å². The van der Waals surface area contributed by atoms with Gasteiger partial charge in [0.15, 0.2) is 0 Å². The predicted molar refractivity (Wildman–Crippen MR) is 82.4 cm³/mol. The van der Waals surface area contributed by atoms with Gasteiger partial charge in [0.2, 0.25) is 0 Å². The Morgan fingerprint density at radius 1 is 1.00 bits per heavy atom. The Kier molecular flexibility index (Phi) is 5.43. The number of benzene rings is 2. The summed E-state index contributed by atoms with van der Waals surface area (Å²) in [6.45, 7) is 0. The van der Waals surface area contributed by atoms with Crippen LogP contribution in [0.25, 0.3) is 0 Å². The fourth-order valence-electron chi connectivity index (χ4n) is 2.13. The lowest BCUT2D eigenvalue weighted by atomic mass is 10.0. The van der Waals surface area contributed by atoms with E-state index in [1.807, 2.05) is 0 Å². The Balaban J connectivity index is 2.14. The molecule has 0 spiro atoms. The Labute approximate surface area is 140 Å². The van der Waals surface area contributed by atoms with Crippen LogP contribution in [-0.2, 0) is 11.2 Å². The number of hydrogen-bond donors (Lipinski definition) is 3. The van der Waals surface area contributed by atoms with Crippen LogP contribution in [0.4, 0.5) is 8.78 Å². The Morgan fingerprint density at radius 2 is 1.64 bits per heavy atom. The average Bonchev–Trinajstić information content (AvgIpc) is 2.54. The maximum absolute atomic E-state index is 13.6. The first-order valence-corrected chi connectivity index (χ1v) is 7.09. The summed E-state index contributed by atoms with van der Waals surface area (Å²) in [6, 6.07) is 6.41. The van der Waals surface area contributed by atoms with Gasteiger partial charge in [-0.05, 0) is 29.8 Å². The molecule has 2 aromatic rings. The van der Waals surface area contributed by atoms with Crippen molar-refractivity contribution in [3.05, 3.63) is 70.8 Å². The summed E-state index contributed by atoms with van der Waals surface area (Å²) in [6.07, 6.45) is -0.135. The summed E-state index contributed by atoms with van der Waals surface area (Å²) in [5, 5.41) is 20.2. The minimum Gasteiger partial charge on any atom is -0.480 e. The minimum absolute atomic E-state index is 0.0352. The van der Waals surface area contributed by atoms with Crippen molar-refractivity contribution < 1.29 is 33.4 Å². The van der Waals surface area contributed by atoms with E-state index in [0.717, 1.165) is 12.1 Å². The molecule has 25 heavy (non-hydrogen) atoms. The number of carboxylic acids is 2. The van der Waals surface area contributed by atoms with Gasteiger partial charge in [0, 0.05) is 12.5 Å². The molecule has 6 nitrogen and oxygen atoms in total. The van der Waals surface area contributed by atoms with Gasteiger partial charge in [-0.1, -0.05) is 12.1 Å². The molecule has 0 heterocycles. The lowest BCUT2D eigenvalue weighted by Gasteiger charge is -2.15. The number of carboxylic acid groups (broad SMARTS) is 2. The van der Waals surface area contributed by atoms with Crippen LogP contribution in [0, 0.1) is 11.6 Å². The fourth-order valence-corrected chi connectivity index (χ4v) is 2.13. The lowest BCUT2D eigenvalue weighted by molar-refractivity contribution is -0.139. The highest BCUT2D eigenvalue weighted by molar-refractivity contribution is 5.96. The second kappa shape index (κ2) is 7.52. The number of rotatable bonds is 6. The summed E-state index contributed by atoms with van der Waals surface area (Å²) in [7, 11) is 0. The molecule has 0 aliphatic rings. The van der Waals surface area contributed by atoms with Gasteiger partial charge in [-0.15, -0.1) is 0 Å². The highest BCUT2D eigenvalue weighted by Gasteiger charge is 2.23. The van der Waals surface area contributed by atoms with E-state index >= 15 is 0 Å². The third kappa shape index (κ3) is 4.60. The van der Waals surface area contributed by atoms with Crippen LogP contribution >= 0.6 is 0 Å². The summed E-state index contributed by atoms with van der Waals surface area (Å²) >= 11 is 0. The SMILES string of the molecule is O=C(O)c1ccc(C[C@H](NC(=O)c2ccc(F)cc2F)C(=O)O)cc1. The van der Waals surface area contributed by atoms with Crippen LogP contribution in [0.1, 0.15) is 26.3 Å². The predicted octanol–water partition coefficient (Wildman–Crippen LogP) is 2.09. The number of halogens is 2. The summed E-state index contributed by atoms with van der Waals surface area (Å²) in [5.41, 5.74) is 0.0270. The fraction of sp³-hybridized carbons (Fsp3) is 0.118. The topological polar surface area (TPSA) is 104 Å². The van der Waals surface area contributed by atoms with Gasteiger partial charge in [-0.3, -0.25) is 4.79 Å². The summed E-state index contributed by atoms with van der Waals surface area (Å²) in [4.78, 5) is 34.1. The third-order valence-electron chi connectivity index (χ3n) is 3.42. The molecule has 8 heteroatoms. The van der Waals surface area contributed by atoms with Crippen LogP contribution in [0.3, 0.4) is 0 Å². The number of hydrogen-bond acceptors (Lipinski definition) is 3. The van der Waals surface area contributed by atoms with E-state index < -0.39 is 41.1 Å². The van der Waals surface area contributed by atoms with Crippen molar-refractivity contribution in [1.82, 2.24) is 5.32 Å². The summed E-state index contributed by atoms with van der Waals surface area (Å²) in [5.74, 6) is -5.43. The van der Waals surface area contributed by atoms with E-state index in [-0.39, 0.29) is 12.0 Å². The van der Waals surface area contributed by atoms with Gasteiger partial charge in [0.05, 0.1) is 11.1 Å². The zero-order valence-electron chi connectivity index (χ0n) is 12.7. The van der Waals surface area contributed by atoms with Gasteiger partial charge in [-0.25, -0.2) is 18.4 Å². The maximum atomic E-state index is 13.6. The molecule has 1 atom stereocenters. The van der Waals surface area contributed by atoms with Gasteiger partial charge >= 0.3 is 11.9 Å². The smallest absolute Gasteiger partial charge is 0.335 e. The molecule has 2 rings (SSSR count). The standard InChI is InChI=1S/C17H13F2NO5/c18-11-5-6-12(13(19)8-11)15(21)20-14(17(24)25)7-9-1-3-10(4-2-9)16(22)23/h1-6,8,14H,7H2,(H,20,21)(H,22,23)(H,24,25)/t14-/m0/s1. The first kappa shape index (κ1) is 18.1. The second-order valence-corrected chi connectivity index (χ2v) is 5.19. The quantitative estimate of drug-likeness (QED) is 0.741. The van der Waals surface area contributed by atoms with Crippen molar-refractivity contribution in [3.63, 3.8) is 0 Å². The van der Waals surface area contributed by atoms with E-state index in [1.165, 1.54) is 24.3 Å². The Bertz CT molecular complexity index is 820. The van der Waals surface area contributed by atoms with E-state index in [4.69, 9.17) is 5.11 Å². The molecule has 0 unspecified atom stereocenters. The van der Waals surface area contributed by atoms with Crippen molar-refractivity contribution in [2.45, 2.75) is 12.5 Å². The van der Waals surface area contributed by atoms with E-state index in [0.29, 0.717) is 11.6 Å². The molecule has 0 fully saturated rings. The van der Waals surface area contributed by atoms with Gasteiger partial charge in [-0.2, -0.15) is 0 Å². The molecule has 0 radical (unpaired) electrons. The Morgan fingerprint density at radius 3 is 2.16 bits per heavy atom. The average molecular weight is 349 g/mol. The number of aliphatic carboxylic acids is 1. The van der Waals surface area contributed by atoms with Crippen molar-refractivity contribution in [2.24, 2.45) is 0 Å². The molecule has 0 aliphatic carbocycles. The zero-order valence-corrected chi connectivity index (χ0v) is 12.7. The van der Waals surface area contributed by atoms with Crippen molar-refractivity contribution in [1.29, 1.82) is 0 Å². The first-order valence-electron chi connectivity index (χ1n) is 7.09. The second-order valence-electron chi connectivity index (χ2n) is 5.19. The molecule has 1 amide bonds. The molecule has 3 N–H and O–H groups in total. The number of aromatic carboxylic acids is 1. The van der Waals surface area contributed by atoms with Crippen LogP contribution in [-0.4, -0.2) is 34.1 Å². The minimum atomic E-state index is -1.37. The lowest BCUT2D eigenvalue weighted by Crippen LogP contribution is -2.42. The van der Waals surface area contributed by atoms with Gasteiger partial charge < -0.3 is 15.5 Å². The Hall–Kier alpha value is -3.29. The summed E-state index contributed by atoms with van der Waals surface area (Å²) < 4.78 is 26.5. The molecule has 130 valence electrons. The van der Waals surface area contributed by atoms with Crippen LogP contribution in [0.5, 0.6) is 0 Å². The number of nitrogens with one attached hydrogen (secondary N) is 1. The largest absolute Gasteiger partial charge is 0.480 e. The number of amides is 1. The molecule has 0 saturated carbocycles. The highest BCUT2D eigenvalue weighted by atomic mass is 19.1. The molecular weight excluding hydrogens is 336 g/mol. The number of carbonyl (C=O) groups excluding carboxylic acids is 1. The van der Waals surface area contributed by atoms with Gasteiger partial charge in [0.25, 0.3) is 5.91 Å². The van der Waals surface area contributed by atoms with Crippen molar-refractivity contribution in [3.8, 4) is 0 Å². The van der Waals surface area contributed by atoms with Crippen molar-refractivity contribution in [2.75, 3.05) is 0 Å². The van der Waals surface area contributed by atoms with E-state index in [1.54, 1.807) is 0 Å².